The Morgan fingerprint density at radius 2 is 1.52 bits per heavy atom. The molecule has 3 atom stereocenters. The number of carbonyl (C=O) groups excluding carboxylic acids is 3. The van der Waals surface area contributed by atoms with Gasteiger partial charge in [-0.15, -0.1) is 0 Å². The van der Waals surface area contributed by atoms with Gasteiger partial charge in [-0.25, -0.2) is 4.39 Å². The van der Waals surface area contributed by atoms with Gasteiger partial charge >= 0.3 is 0 Å². The molecular weight excluding hydrogens is 395 g/mol. The Bertz CT molecular complexity index is 936. The normalized spacial score (nSPS) is 21.7. The van der Waals surface area contributed by atoms with Crippen LogP contribution in [0.2, 0.25) is 0 Å². The molecule has 1 aliphatic heterocycles. The van der Waals surface area contributed by atoms with E-state index in [-0.39, 0.29) is 54.4 Å². The van der Waals surface area contributed by atoms with Gasteiger partial charge in [-0.2, -0.15) is 0 Å². The minimum absolute atomic E-state index is 0.0674. The Hall–Kier alpha value is -3.02. The molecule has 2 aromatic carbocycles. The molecule has 4 rings (SSSR count). The Kier molecular flexibility index (Phi) is 6.16. The standard InChI is InChI=1S/C25H27FN2O3/c1-27(23(17-7-3-2-4-8-17)18-11-13-19(26)14-12-18)22(29)15-16-28-24(30)20-9-5-6-10-21(20)25(28)31/h2-4,7-8,11-14,20-21,23H,5-6,9-10,15-16H2,1H3. The van der Waals surface area contributed by atoms with Crippen molar-refractivity contribution in [3.05, 3.63) is 71.5 Å². The second-order valence-electron chi connectivity index (χ2n) is 8.44. The summed E-state index contributed by atoms with van der Waals surface area (Å²) >= 11 is 0. The first-order valence-corrected chi connectivity index (χ1v) is 10.9. The van der Waals surface area contributed by atoms with Gasteiger partial charge in [0.15, 0.2) is 0 Å². The van der Waals surface area contributed by atoms with Gasteiger partial charge in [0.25, 0.3) is 0 Å². The predicted molar refractivity (Wildman–Crippen MR) is 114 cm³/mol. The van der Waals surface area contributed by atoms with Crippen LogP contribution in [0.15, 0.2) is 54.6 Å². The Morgan fingerprint density at radius 1 is 0.968 bits per heavy atom. The van der Waals surface area contributed by atoms with Crippen molar-refractivity contribution in [3.63, 3.8) is 0 Å². The highest BCUT2D eigenvalue weighted by Gasteiger charge is 2.47. The lowest BCUT2D eigenvalue weighted by atomic mass is 9.81. The van der Waals surface area contributed by atoms with Crippen molar-refractivity contribution < 1.29 is 18.8 Å². The molecule has 31 heavy (non-hydrogen) atoms. The molecule has 1 aliphatic carbocycles. The number of rotatable bonds is 6. The Labute approximate surface area is 181 Å². The van der Waals surface area contributed by atoms with Crippen LogP contribution < -0.4 is 0 Å². The van der Waals surface area contributed by atoms with Crippen molar-refractivity contribution in [2.24, 2.45) is 11.8 Å². The zero-order chi connectivity index (χ0) is 22.0. The van der Waals surface area contributed by atoms with Gasteiger partial charge in [0.1, 0.15) is 5.82 Å². The van der Waals surface area contributed by atoms with Crippen molar-refractivity contribution in [1.29, 1.82) is 0 Å². The number of likely N-dealkylation sites (tertiary alicyclic amines) is 1. The fourth-order valence-electron chi connectivity index (χ4n) is 4.90. The molecule has 1 heterocycles. The smallest absolute Gasteiger partial charge is 0.233 e. The van der Waals surface area contributed by atoms with Gasteiger partial charge in [-0.05, 0) is 36.1 Å². The van der Waals surface area contributed by atoms with Crippen LogP contribution in [0.25, 0.3) is 0 Å². The van der Waals surface area contributed by atoms with E-state index in [9.17, 15) is 18.8 Å². The number of hydrogen-bond donors (Lipinski definition) is 0. The van der Waals surface area contributed by atoms with Crippen molar-refractivity contribution in [2.45, 2.75) is 38.1 Å². The summed E-state index contributed by atoms with van der Waals surface area (Å²) < 4.78 is 13.5. The quantitative estimate of drug-likeness (QED) is 0.663. The van der Waals surface area contributed by atoms with Gasteiger partial charge in [0.05, 0.1) is 17.9 Å². The molecular formula is C25H27FN2O3. The SMILES string of the molecule is CN(C(=O)CCN1C(=O)C2CCCCC2C1=O)C(c1ccccc1)c1ccc(F)cc1. The second kappa shape index (κ2) is 9.00. The maximum atomic E-state index is 13.5. The minimum atomic E-state index is -0.387. The summed E-state index contributed by atoms with van der Waals surface area (Å²) in [6, 6.07) is 15.3. The predicted octanol–water partition coefficient (Wildman–Crippen LogP) is 3.94. The summed E-state index contributed by atoms with van der Waals surface area (Å²) in [4.78, 5) is 41.4. The number of imide groups is 1. The Balaban J connectivity index is 1.49. The van der Waals surface area contributed by atoms with Gasteiger partial charge in [0, 0.05) is 20.0 Å². The number of nitrogens with zero attached hydrogens (tertiary/aromatic N) is 2. The van der Waals surface area contributed by atoms with Crippen molar-refractivity contribution in [3.8, 4) is 0 Å². The zero-order valence-corrected chi connectivity index (χ0v) is 17.7. The number of amides is 3. The summed E-state index contributed by atoms with van der Waals surface area (Å²) in [6.07, 6.45) is 3.55. The molecule has 2 fully saturated rings. The number of hydrogen-bond acceptors (Lipinski definition) is 3. The molecule has 3 unspecified atom stereocenters. The number of fused-ring (bicyclic) bond motifs is 1. The van der Waals surface area contributed by atoms with Crippen LogP contribution in [0, 0.1) is 17.7 Å². The van der Waals surface area contributed by atoms with E-state index in [1.54, 1.807) is 24.1 Å². The summed E-state index contributed by atoms with van der Waals surface area (Å²) in [5.41, 5.74) is 1.70. The lowest BCUT2D eigenvalue weighted by Crippen LogP contribution is -2.37. The molecule has 0 bridgehead atoms. The van der Waals surface area contributed by atoms with Crippen molar-refractivity contribution in [1.82, 2.24) is 9.80 Å². The van der Waals surface area contributed by atoms with Gasteiger partial charge < -0.3 is 4.90 Å². The van der Waals surface area contributed by atoms with E-state index in [0.717, 1.165) is 36.8 Å². The van der Waals surface area contributed by atoms with E-state index >= 15 is 0 Å². The molecule has 2 aromatic rings. The van der Waals surface area contributed by atoms with Gasteiger partial charge in [0.2, 0.25) is 17.7 Å². The largest absolute Gasteiger partial charge is 0.335 e. The fraction of sp³-hybridized carbons (Fsp3) is 0.400. The average molecular weight is 423 g/mol. The fourth-order valence-corrected chi connectivity index (χ4v) is 4.90. The number of halogens is 1. The van der Waals surface area contributed by atoms with Crippen molar-refractivity contribution >= 4 is 17.7 Å². The molecule has 0 aromatic heterocycles. The second-order valence-corrected chi connectivity index (χ2v) is 8.44. The van der Waals surface area contributed by atoms with Crippen LogP contribution in [0.5, 0.6) is 0 Å². The van der Waals surface area contributed by atoms with Gasteiger partial charge in [-0.3, -0.25) is 19.3 Å². The van der Waals surface area contributed by atoms with Crippen LogP contribution in [-0.4, -0.2) is 41.1 Å². The van der Waals surface area contributed by atoms with E-state index in [2.05, 4.69) is 0 Å². The number of benzene rings is 2. The molecule has 0 radical (unpaired) electrons. The summed E-state index contributed by atoms with van der Waals surface area (Å²) in [5.74, 6) is -1.16. The first-order valence-electron chi connectivity index (χ1n) is 10.9. The molecule has 0 spiro atoms. The third-order valence-electron chi connectivity index (χ3n) is 6.56. The molecule has 3 amide bonds. The molecule has 0 N–H and O–H groups in total. The highest BCUT2D eigenvalue weighted by Crippen LogP contribution is 2.38. The summed E-state index contributed by atoms with van der Waals surface area (Å²) in [6.45, 7) is 0.110. The maximum Gasteiger partial charge on any atom is 0.233 e. The molecule has 5 nitrogen and oxygen atoms in total. The highest BCUT2D eigenvalue weighted by atomic mass is 19.1. The Morgan fingerprint density at radius 3 is 2.10 bits per heavy atom. The summed E-state index contributed by atoms with van der Waals surface area (Å²) in [5, 5.41) is 0. The third-order valence-corrected chi connectivity index (χ3v) is 6.56. The first-order chi connectivity index (χ1) is 15.0. The molecule has 2 aliphatic rings. The van der Waals surface area contributed by atoms with E-state index < -0.39 is 0 Å². The average Bonchev–Trinajstić information content (AvgIpc) is 3.04. The molecule has 1 saturated carbocycles. The van der Waals surface area contributed by atoms with E-state index in [4.69, 9.17) is 0 Å². The lowest BCUT2D eigenvalue weighted by Gasteiger charge is -2.30. The van der Waals surface area contributed by atoms with Crippen LogP contribution in [0.4, 0.5) is 4.39 Å². The van der Waals surface area contributed by atoms with Gasteiger partial charge in [-0.1, -0.05) is 55.3 Å². The molecule has 162 valence electrons. The molecule has 6 heteroatoms. The van der Waals surface area contributed by atoms with Crippen LogP contribution in [0.1, 0.15) is 49.3 Å². The van der Waals surface area contributed by atoms with E-state index in [0.29, 0.717) is 0 Å². The topological polar surface area (TPSA) is 57.7 Å². The maximum absolute atomic E-state index is 13.5. The minimum Gasteiger partial charge on any atom is -0.335 e. The van der Waals surface area contributed by atoms with E-state index in [1.807, 2.05) is 30.3 Å². The van der Waals surface area contributed by atoms with Crippen LogP contribution in [0.3, 0.4) is 0 Å². The van der Waals surface area contributed by atoms with Crippen molar-refractivity contribution in [2.75, 3.05) is 13.6 Å². The van der Waals surface area contributed by atoms with Crippen LogP contribution in [-0.2, 0) is 14.4 Å². The molecule has 1 saturated heterocycles. The zero-order valence-electron chi connectivity index (χ0n) is 17.7. The first kappa shape index (κ1) is 21.2. The lowest BCUT2D eigenvalue weighted by molar-refractivity contribution is -0.140. The monoisotopic (exact) mass is 422 g/mol. The van der Waals surface area contributed by atoms with E-state index in [1.165, 1.54) is 17.0 Å². The summed E-state index contributed by atoms with van der Waals surface area (Å²) in [7, 11) is 1.71. The highest BCUT2D eigenvalue weighted by molar-refractivity contribution is 6.05. The third kappa shape index (κ3) is 4.24. The van der Waals surface area contributed by atoms with Crippen LogP contribution >= 0.6 is 0 Å². The number of carbonyl (C=O) groups is 3.